The third-order valence-electron chi connectivity index (χ3n) is 5.19. The molecule has 1 aliphatic rings. The molecule has 0 atom stereocenters. The summed E-state index contributed by atoms with van der Waals surface area (Å²) in [4.78, 5) is 23.7. The lowest BCUT2D eigenvalue weighted by atomic mass is 9.91. The minimum Gasteiger partial charge on any atom is -0.362 e. The largest absolute Gasteiger partial charge is 0.362 e. The van der Waals surface area contributed by atoms with Crippen molar-refractivity contribution in [2.24, 2.45) is 0 Å². The molecule has 7 heteroatoms. The average Bonchev–Trinajstić information content (AvgIpc) is 3.24. The molecule has 1 aromatic carbocycles. The van der Waals surface area contributed by atoms with E-state index in [-0.39, 0.29) is 11.9 Å². The number of carbonyl (C=O) groups is 1. The van der Waals surface area contributed by atoms with Crippen LogP contribution in [0.4, 0.5) is 11.8 Å². The van der Waals surface area contributed by atoms with Crippen molar-refractivity contribution in [3.63, 3.8) is 0 Å². The van der Waals surface area contributed by atoms with Crippen molar-refractivity contribution in [2.45, 2.75) is 37.8 Å². The van der Waals surface area contributed by atoms with Crippen molar-refractivity contribution < 1.29 is 4.79 Å². The lowest BCUT2D eigenvalue weighted by molar-refractivity contribution is 0.0927. The smallest absolute Gasteiger partial charge is 0.252 e. The molecule has 0 aliphatic heterocycles. The van der Waals surface area contributed by atoms with Crippen LogP contribution in [-0.4, -0.2) is 42.1 Å². The van der Waals surface area contributed by atoms with Crippen molar-refractivity contribution in [3.05, 3.63) is 46.7 Å². The summed E-state index contributed by atoms with van der Waals surface area (Å²) in [5.41, 5.74) is 1.70. The lowest BCUT2D eigenvalue weighted by Gasteiger charge is -2.30. The second kappa shape index (κ2) is 8.14. The predicted molar refractivity (Wildman–Crippen MR) is 115 cm³/mol. The van der Waals surface area contributed by atoms with E-state index in [1.807, 2.05) is 54.0 Å². The molecule has 28 heavy (non-hydrogen) atoms. The van der Waals surface area contributed by atoms with Crippen LogP contribution < -0.4 is 15.5 Å². The highest BCUT2D eigenvalue weighted by molar-refractivity contribution is 7.08. The van der Waals surface area contributed by atoms with Crippen molar-refractivity contribution in [2.75, 3.05) is 24.3 Å². The fourth-order valence-electron chi connectivity index (χ4n) is 3.69. The zero-order valence-electron chi connectivity index (χ0n) is 16.2. The van der Waals surface area contributed by atoms with Gasteiger partial charge in [0.15, 0.2) is 0 Å². The van der Waals surface area contributed by atoms with Crippen LogP contribution >= 0.6 is 11.3 Å². The number of aromatic nitrogens is 2. The normalized spacial score (nSPS) is 19.4. The molecule has 2 aromatic heterocycles. The minimum absolute atomic E-state index is 0.0335. The summed E-state index contributed by atoms with van der Waals surface area (Å²) < 4.78 is 0. The van der Waals surface area contributed by atoms with Crippen molar-refractivity contribution in [3.8, 4) is 0 Å². The summed E-state index contributed by atoms with van der Waals surface area (Å²) >= 11 is 1.55. The van der Waals surface area contributed by atoms with E-state index in [1.165, 1.54) is 0 Å². The van der Waals surface area contributed by atoms with Gasteiger partial charge in [-0.15, -0.1) is 0 Å². The lowest BCUT2D eigenvalue weighted by Crippen LogP contribution is -2.40. The molecule has 2 heterocycles. The molecule has 1 saturated carbocycles. The second-order valence-electron chi connectivity index (χ2n) is 7.46. The molecule has 4 rings (SSSR count). The van der Waals surface area contributed by atoms with Gasteiger partial charge in [-0.25, -0.2) is 4.98 Å². The number of nitrogens with one attached hydrogen (secondary N) is 2. The van der Waals surface area contributed by atoms with Gasteiger partial charge in [0.2, 0.25) is 5.95 Å². The summed E-state index contributed by atoms with van der Waals surface area (Å²) in [5.74, 6) is 1.63. The Morgan fingerprint density at radius 2 is 1.82 bits per heavy atom. The fraction of sp³-hybridized carbons (Fsp3) is 0.381. The first-order chi connectivity index (χ1) is 13.6. The summed E-state index contributed by atoms with van der Waals surface area (Å²) in [7, 11) is 4.00. The molecule has 0 saturated heterocycles. The quantitative estimate of drug-likeness (QED) is 0.685. The maximum absolute atomic E-state index is 12.2. The van der Waals surface area contributed by atoms with Crippen LogP contribution in [0.25, 0.3) is 10.9 Å². The SMILES string of the molecule is CN(C)c1nc(N[C@H]2CC[C@@H](NC(=O)c3ccsc3)CC2)nc2ccccc12. The molecule has 1 amide bonds. The Bertz CT molecular complexity index is 949. The van der Waals surface area contributed by atoms with Crippen LogP contribution in [0.1, 0.15) is 36.0 Å². The van der Waals surface area contributed by atoms with Crippen LogP contribution in [0, 0.1) is 0 Å². The van der Waals surface area contributed by atoms with Crippen molar-refractivity contribution in [1.29, 1.82) is 0 Å². The molecular weight excluding hydrogens is 370 g/mol. The molecule has 0 bridgehead atoms. The number of thiophene rings is 1. The van der Waals surface area contributed by atoms with Gasteiger partial charge in [0.05, 0.1) is 5.52 Å². The average molecular weight is 396 g/mol. The summed E-state index contributed by atoms with van der Waals surface area (Å²) in [6.45, 7) is 0. The van der Waals surface area contributed by atoms with Crippen LogP contribution in [-0.2, 0) is 0 Å². The summed E-state index contributed by atoms with van der Waals surface area (Å²) in [5, 5.41) is 11.5. The number of nitrogens with zero attached hydrogens (tertiary/aromatic N) is 3. The molecule has 146 valence electrons. The topological polar surface area (TPSA) is 70.2 Å². The first-order valence-electron chi connectivity index (χ1n) is 9.64. The van der Waals surface area contributed by atoms with E-state index in [0.29, 0.717) is 12.0 Å². The maximum atomic E-state index is 12.2. The Hall–Kier alpha value is -2.67. The van der Waals surface area contributed by atoms with Gasteiger partial charge in [-0.2, -0.15) is 16.3 Å². The molecule has 0 spiro atoms. The number of fused-ring (bicyclic) bond motifs is 1. The van der Waals surface area contributed by atoms with Gasteiger partial charge in [-0.1, -0.05) is 12.1 Å². The fourth-order valence-corrected chi connectivity index (χ4v) is 4.33. The molecular formula is C21H25N5OS. The second-order valence-corrected chi connectivity index (χ2v) is 8.24. The molecule has 1 fully saturated rings. The number of hydrogen-bond acceptors (Lipinski definition) is 6. The summed E-state index contributed by atoms with van der Waals surface area (Å²) in [6.07, 6.45) is 3.90. The van der Waals surface area contributed by atoms with Crippen LogP contribution in [0.2, 0.25) is 0 Å². The molecule has 1 aliphatic carbocycles. The summed E-state index contributed by atoms with van der Waals surface area (Å²) in [6, 6.07) is 10.5. The maximum Gasteiger partial charge on any atom is 0.252 e. The van der Waals surface area contributed by atoms with E-state index in [0.717, 1.165) is 48.0 Å². The van der Waals surface area contributed by atoms with Gasteiger partial charge in [0.25, 0.3) is 5.91 Å². The highest BCUT2D eigenvalue weighted by atomic mass is 32.1. The van der Waals surface area contributed by atoms with Gasteiger partial charge in [0.1, 0.15) is 5.82 Å². The minimum atomic E-state index is 0.0335. The zero-order valence-corrected chi connectivity index (χ0v) is 17.0. The van der Waals surface area contributed by atoms with Crippen LogP contribution in [0.3, 0.4) is 0 Å². The Kier molecular flexibility index (Phi) is 5.43. The number of para-hydroxylation sites is 1. The number of rotatable bonds is 5. The van der Waals surface area contributed by atoms with E-state index >= 15 is 0 Å². The van der Waals surface area contributed by atoms with Gasteiger partial charge in [0, 0.05) is 42.5 Å². The van der Waals surface area contributed by atoms with Crippen LogP contribution in [0.15, 0.2) is 41.1 Å². The Balaban J connectivity index is 1.39. The highest BCUT2D eigenvalue weighted by Crippen LogP contribution is 2.26. The van der Waals surface area contributed by atoms with Gasteiger partial charge in [-0.05, 0) is 49.3 Å². The molecule has 0 unspecified atom stereocenters. The third kappa shape index (κ3) is 4.09. The molecule has 0 radical (unpaired) electrons. The first-order valence-corrected chi connectivity index (χ1v) is 10.6. The zero-order chi connectivity index (χ0) is 19.5. The van der Waals surface area contributed by atoms with E-state index in [2.05, 4.69) is 16.7 Å². The van der Waals surface area contributed by atoms with E-state index in [4.69, 9.17) is 9.97 Å². The Labute approximate surface area is 169 Å². The van der Waals surface area contributed by atoms with E-state index in [9.17, 15) is 4.79 Å². The van der Waals surface area contributed by atoms with Crippen molar-refractivity contribution in [1.82, 2.24) is 15.3 Å². The number of anilines is 2. The number of hydrogen-bond donors (Lipinski definition) is 2. The third-order valence-corrected chi connectivity index (χ3v) is 5.87. The number of carbonyl (C=O) groups excluding carboxylic acids is 1. The number of amides is 1. The van der Waals surface area contributed by atoms with Gasteiger partial charge < -0.3 is 15.5 Å². The molecule has 3 aromatic rings. The highest BCUT2D eigenvalue weighted by Gasteiger charge is 2.23. The monoisotopic (exact) mass is 395 g/mol. The number of benzene rings is 1. The van der Waals surface area contributed by atoms with Gasteiger partial charge >= 0.3 is 0 Å². The molecule has 6 nitrogen and oxygen atoms in total. The standard InChI is InChI=1S/C21H25N5OS/c1-26(2)19-17-5-3-4-6-18(17)24-21(25-19)23-16-9-7-15(8-10-16)22-20(27)14-11-12-28-13-14/h3-6,11-13,15-16H,7-10H2,1-2H3,(H,22,27)(H,23,24,25)/t15-,16+. The Morgan fingerprint density at radius 1 is 1.07 bits per heavy atom. The Morgan fingerprint density at radius 3 is 2.54 bits per heavy atom. The first kappa shape index (κ1) is 18.7. The van der Waals surface area contributed by atoms with E-state index < -0.39 is 0 Å². The van der Waals surface area contributed by atoms with Crippen molar-refractivity contribution >= 4 is 39.9 Å². The molecule has 2 N–H and O–H groups in total. The van der Waals surface area contributed by atoms with Crippen LogP contribution in [0.5, 0.6) is 0 Å². The van der Waals surface area contributed by atoms with E-state index in [1.54, 1.807) is 11.3 Å². The van der Waals surface area contributed by atoms with Gasteiger partial charge in [-0.3, -0.25) is 4.79 Å². The predicted octanol–water partition coefficient (Wildman–Crippen LogP) is 3.91.